The van der Waals surface area contributed by atoms with Crippen molar-refractivity contribution < 1.29 is 24.2 Å². The number of carbonyl (C=O) groups excluding carboxylic acids is 2. The second kappa shape index (κ2) is 11.6. The number of nitrogens with zero attached hydrogens (tertiary/aromatic N) is 2. The molecule has 1 amide bonds. The first-order valence-electron chi connectivity index (χ1n) is 12.5. The highest BCUT2D eigenvalue weighted by Crippen LogP contribution is 2.43. The molecule has 0 saturated carbocycles. The van der Waals surface area contributed by atoms with Crippen LogP contribution in [0.25, 0.3) is 5.76 Å². The van der Waals surface area contributed by atoms with E-state index in [-0.39, 0.29) is 11.3 Å². The van der Waals surface area contributed by atoms with Crippen molar-refractivity contribution in [1.82, 2.24) is 0 Å². The summed E-state index contributed by atoms with van der Waals surface area (Å²) in [4.78, 5) is 30.4. The molecule has 0 radical (unpaired) electrons. The number of rotatable bonds is 9. The molecule has 0 aliphatic carbocycles. The standard InChI is InChI=1S/C30H31ClN2O5/c1-5-16-38-23-9-7-8-22(18-23)33-27(19-10-13-21(14-11-19)32(3)4)26(29(35)30(33)36)28(34)20-12-15-24(31)25(17-20)37-6-2/h7-15,17-18,27,34H,5-6,16H2,1-4H3/b28-26+. The number of amides is 1. The Morgan fingerprint density at radius 2 is 1.74 bits per heavy atom. The first-order chi connectivity index (χ1) is 18.3. The van der Waals surface area contributed by atoms with Gasteiger partial charge in [-0.15, -0.1) is 0 Å². The third-order valence-corrected chi connectivity index (χ3v) is 6.56. The Balaban J connectivity index is 1.89. The number of Topliss-reactive ketones (excluding diaryl/α,β-unsaturated/α-hetero) is 1. The molecule has 1 unspecified atom stereocenters. The summed E-state index contributed by atoms with van der Waals surface area (Å²) >= 11 is 6.24. The van der Waals surface area contributed by atoms with Crippen LogP contribution in [0.1, 0.15) is 37.4 Å². The van der Waals surface area contributed by atoms with Gasteiger partial charge in [0.25, 0.3) is 11.7 Å². The average Bonchev–Trinajstić information content (AvgIpc) is 3.18. The van der Waals surface area contributed by atoms with E-state index >= 15 is 0 Å². The summed E-state index contributed by atoms with van der Waals surface area (Å²) in [5.41, 5.74) is 2.44. The monoisotopic (exact) mass is 534 g/mol. The maximum Gasteiger partial charge on any atom is 0.300 e. The minimum atomic E-state index is -0.862. The Morgan fingerprint density at radius 1 is 1.00 bits per heavy atom. The Labute approximate surface area is 227 Å². The van der Waals surface area contributed by atoms with Crippen molar-refractivity contribution in [2.24, 2.45) is 0 Å². The molecule has 1 aliphatic heterocycles. The molecule has 1 N–H and O–H groups in total. The van der Waals surface area contributed by atoms with E-state index in [1.807, 2.05) is 57.1 Å². The third-order valence-electron chi connectivity index (χ3n) is 6.24. The van der Waals surface area contributed by atoms with Gasteiger partial charge in [0.05, 0.1) is 29.9 Å². The van der Waals surface area contributed by atoms with Crippen molar-refractivity contribution in [2.75, 3.05) is 37.1 Å². The molecule has 7 nitrogen and oxygen atoms in total. The molecule has 198 valence electrons. The quantitative estimate of drug-likeness (QED) is 0.199. The zero-order valence-electron chi connectivity index (χ0n) is 21.9. The van der Waals surface area contributed by atoms with Crippen LogP contribution in [0.15, 0.2) is 72.3 Å². The number of hydrogen-bond acceptors (Lipinski definition) is 6. The third kappa shape index (κ3) is 5.34. The van der Waals surface area contributed by atoms with Gasteiger partial charge in [0.15, 0.2) is 0 Å². The van der Waals surface area contributed by atoms with E-state index in [2.05, 4.69) is 0 Å². The molecular formula is C30H31ClN2O5. The second-order valence-electron chi connectivity index (χ2n) is 9.08. The molecule has 8 heteroatoms. The molecular weight excluding hydrogens is 504 g/mol. The molecule has 1 heterocycles. The fourth-order valence-electron chi connectivity index (χ4n) is 4.38. The molecule has 1 saturated heterocycles. The number of aliphatic hydroxyl groups excluding tert-OH is 1. The molecule has 0 spiro atoms. The zero-order valence-corrected chi connectivity index (χ0v) is 22.7. The van der Waals surface area contributed by atoms with Gasteiger partial charge in [0.1, 0.15) is 17.3 Å². The van der Waals surface area contributed by atoms with Crippen molar-refractivity contribution in [3.05, 3.63) is 88.5 Å². The van der Waals surface area contributed by atoms with Crippen molar-refractivity contribution >= 4 is 40.4 Å². The van der Waals surface area contributed by atoms with E-state index in [1.165, 1.54) is 4.90 Å². The van der Waals surface area contributed by atoms with Gasteiger partial charge >= 0.3 is 0 Å². The molecule has 3 aromatic carbocycles. The average molecular weight is 535 g/mol. The lowest BCUT2D eigenvalue weighted by atomic mass is 9.94. The Morgan fingerprint density at radius 3 is 2.39 bits per heavy atom. The largest absolute Gasteiger partial charge is 0.507 e. The number of aliphatic hydroxyl groups is 1. The molecule has 4 rings (SSSR count). The lowest BCUT2D eigenvalue weighted by molar-refractivity contribution is -0.132. The van der Waals surface area contributed by atoms with Crippen LogP contribution in [0.3, 0.4) is 0 Å². The molecule has 1 fully saturated rings. The summed E-state index contributed by atoms with van der Waals surface area (Å²) in [5.74, 6) is -0.854. The van der Waals surface area contributed by atoms with Crippen LogP contribution in [0.4, 0.5) is 11.4 Å². The van der Waals surface area contributed by atoms with E-state index in [9.17, 15) is 14.7 Å². The smallest absolute Gasteiger partial charge is 0.300 e. The van der Waals surface area contributed by atoms with Gasteiger partial charge in [-0.25, -0.2) is 0 Å². The summed E-state index contributed by atoms with van der Waals surface area (Å²) in [7, 11) is 3.86. The summed E-state index contributed by atoms with van der Waals surface area (Å²) in [6.45, 7) is 4.73. The van der Waals surface area contributed by atoms with Crippen LogP contribution in [0, 0.1) is 0 Å². The number of halogens is 1. The molecule has 0 aromatic heterocycles. The maximum atomic E-state index is 13.5. The van der Waals surface area contributed by atoms with E-state index in [0.29, 0.717) is 46.5 Å². The van der Waals surface area contributed by atoms with Crippen LogP contribution in [-0.4, -0.2) is 44.1 Å². The van der Waals surface area contributed by atoms with Crippen LogP contribution < -0.4 is 19.3 Å². The number of ether oxygens (including phenoxy) is 2. The van der Waals surface area contributed by atoms with Gasteiger partial charge < -0.3 is 19.5 Å². The molecule has 38 heavy (non-hydrogen) atoms. The Hall–Kier alpha value is -3.97. The molecule has 1 aliphatic rings. The molecule has 3 aromatic rings. The number of benzene rings is 3. The molecule has 0 bridgehead atoms. The summed E-state index contributed by atoms with van der Waals surface area (Å²) in [5, 5.41) is 11.8. The Bertz CT molecular complexity index is 1370. The predicted octanol–water partition coefficient (Wildman–Crippen LogP) is 6.22. The van der Waals surface area contributed by atoms with Gasteiger partial charge in [-0.1, -0.05) is 36.7 Å². The van der Waals surface area contributed by atoms with Gasteiger partial charge in [-0.3, -0.25) is 14.5 Å². The highest BCUT2D eigenvalue weighted by atomic mass is 35.5. The second-order valence-corrected chi connectivity index (χ2v) is 9.49. The van der Waals surface area contributed by atoms with Crippen LogP contribution in [0.5, 0.6) is 11.5 Å². The summed E-state index contributed by atoms with van der Waals surface area (Å²) in [6.07, 6.45) is 0.831. The number of anilines is 2. The van der Waals surface area contributed by atoms with Gasteiger partial charge in [0, 0.05) is 37.1 Å². The van der Waals surface area contributed by atoms with Crippen LogP contribution >= 0.6 is 11.6 Å². The van der Waals surface area contributed by atoms with E-state index < -0.39 is 17.7 Å². The number of carbonyl (C=O) groups is 2. The van der Waals surface area contributed by atoms with Crippen molar-refractivity contribution in [2.45, 2.75) is 26.3 Å². The SMILES string of the molecule is CCCOc1cccc(N2C(=O)C(=O)/C(=C(/O)c3ccc(Cl)c(OCC)c3)C2c2ccc(N(C)C)cc2)c1. The van der Waals surface area contributed by atoms with E-state index in [4.69, 9.17) is 21.1 Å². The lowest BCUT2D eigenvalue weighted by Gasteiger charge is -2.26. The number of ketones is 1. The fraction of sp³-hybridized carbons (Fsp3) is 0.267. The summed E-state index contributed by atoms with van der Waals surface area (Å²) < 4.78 is 11.3. The minimum Gasteiger partial charge on any atom is -0.507 e. The lowest BCUT2D eigenvalue weighted by Crippen LogP contribution is -2.29. The first-order valence-corrected chi connectivity index (χ1v) is 12.9. The van der Waals surface area contributed by atoms with Crippen molar-refractivity contribution in [3.63, 3.8) is 0 Å². The van der Waals surface area contributed by atoms with Crippen molar-refractivity contribution in [1.29, 1.82) is 0 Å². The van der Waals surface area contributed by atoms with E-state index in [1.54, 1.807) is 42.5 Å². The highest BCUT2D eigenvalue weighted by Gasteiger charge is 2.47. The maximum absolute atomic E-state index is 13.5. The normalized spacial score (nSPS) is 16.6. The van der Waals surface area contributed by atoms with Crippen LogP contribution in [0.2, 0.25) is 5.02 Å². The molecule has 1 atom stereocenters. The fourth-order valence-corrected chi connectivity index (χ4v) is 4.56. The minimum absolute atomic E-state index is 0.0164. The van der Waals surface area contributed by atoms with Crippen LogP contribution in [-0.2, 0) is 9.59 Å². The van der Waals surface area contributed by atoms with Gasteiger partial charge in [-0.2, -0.15) is 0 Å². The van der Waals surface area contributed by atoms with Gasteiger partial charge in [0.2, 0.25) is 0 Å². The first kappa shape index (κ1) is 27.1. The van der Waals surface area contributed by atoms with E-state index in [0.717, 1.165) is 12.1 Å². The summed E-state index contributed by atoms with van der Waals surface area (Å²) in [6, 6.07) is 18.5. The Kier molecular flexibility index (Phi) is 8.27. The highest BCUT2D eigenvalue weighted by molar-refractivity contribution is 6.51. The van der Waals surface area contributed by atoms with Gasteiger partial charge in [-0.05, 0) is 61.4 Å². The predicted molar refractivity (Wildman–Crippen MR) is 150 cm³/mol. The number of hydrogen-bond donors (Lipinski definition) is 1. The van der Waals surface area contributed by atoms with Crippen molar-refractivity contribution in [3.8, 4) is 11.5 Å². The zero-order chi connectivity index (χ0) is 27.4. The topological polar surface area (TPSA) is 79.3 Å².